The van der Waals surface area contributed by atoms with E-state index in [1.54, 1.807) is 0 Å². The zero-order valence-corrected chi connectivity index (χ0v) is 17.6. The van der Waals surface area contributed by atoms with Crippen LogP contribution in [0.3, 0.4) is 0 Å². The van der Waals surface area contributed by atoms with Crippen LogP contribution in [-0.4, -0.2) is 11.5 Å². The summed E-state index contributed by atoms with van der Waals surface area (Å²) in [6, 6.07) is 16.7. The van der Waals surface area contributed by atoms with Gasteiger partial charge in [0.25, 0.3) is 0 Å². The van der Waals surface area contributed by atoms with E-state index in [0.29, 0.717) is 12.3 Å². The number of rotatable bonds is 7. The molecule has 1 N–H and O–H groups in total. The van der Waals surface area contributed by atoms with Crippen LogP contribution in [0.2, 0.25) is 0 Å². The molecule has 3 heteroatoms. The molecule has 150 valence electrons. The van der Waals surface area contributed by atoms with Crippen molar-refractivity contribution in [3.63, 3.8) is 0 Å². The molecule has 3 rings (SSSR count). The number of amides is 1. The summed E-state index contributed by atoms with van der Waals surface area (Å²) < 4.78 is 6.34. The number of carbonyl (C=O) groups is 1. The van der Waals surface area contributed by atoms with Gasteiger partial charge in [0.05, 0.1) is 6.04 Å². The zero-order valence-electron chi connectivity index (χ0n) is 17.6. The summed E-state index contributed by atoms with van der Waals surface area (Å²) in [4.78, 5) is 12.7. The lowest BCUT2D eigenvalue weighted by atomic mass is 9.83. The predicted molar refractivity (Wildman–Crippen MR) is 115 cm³/mol. The maximum absolute atomic E-state index is 12.7. The van der Waals surface area contributed by atoms with E-state index in [2.05, 4.69) is 63.3 Å². The number of hydrogen-bond donors (Lipinski definition) is 1. The van der Waals surface area contributed by atoms with E-state index in [1.165, 1.54) is 11.1 Å². The van der Waals surface area contributed by atoms with Crippen molar-refractivity contribution in [3.8, 4) is 5.75 Å². The lowest BCUT2D eigenvalue weighted by molar-refractivity contribution is -0.122. The van der Waals surface area contributed by atoms with Crippen molar-refractivity contribution in [3.05, 3.63) is 65.2 Å². The molecule has 28 heavy (non-hydrogen) atoms. The molecule has 0 aromatic heterocycles. The number of hydrogen-bond acceptors (Lipinski definition) is 2. The van der Waals surface area contributed by atoms with E-state index >= 15 is 0 Å². The quantitative estimate of drug-likeness (QED) is 0.646. The summed E-state index contributed by atoms with van der Waals surface area (Å²) in [7, 11) is 0. The van der Waals surface area contributed by atoms with Crippen LogP contribution in [0, 0.1) is 0 Å². The van der Waals surface area contributed by atoms with Gasteiger partial charge >= 0.3 is 0 Å². The number of para-hydroxylation sites is 1. The highest BCUT2D eigenvalue weighted by Crippen LogP contribution is 2.42. The average Bonchev–Trinajstić information content (AvgIpc) is 2.72. The molecule has 0 radical (unpaired) electrons. The fourth-order valence-electron chi connectivity index (χ4n) is 4.02. The van der Waals surface area contributed by atoms with Gasteiger partial charge in [0.15, 0.2) is 0 Å². The third-order valence-electron chi connectivity index (χ3n) is 6.11. The first-order chi connectivity index (χ1) is 13.5. The Bertz CT molecular complexity index is 790. The number of aryl methyl sites for hydroxylation is 1. The van der Waals surface area contributed by atoms with Gasteiger partial charge < -0.3 is 10.1 Å². The van der Waals surface area contributed by atoms with Gasteiger partial charge in [-0.05, 0) is 42.4 Å². The minimum atomic E-state index is -0.195. The lowest BCUT2D eigenvalue weighted by Gasteiger charge is -2.41. The van der Waals surface area contributed by atoms with Gasteiger partial charge in [-0.15, -0.1) is 0 Å². The standard InChI is InChI=1S/C25H33NO2/c1-5-25(6-2)17-22(21-9-7-8-10-23(21)28-25)26-24(27)16-13-19-11-14-20(15-12-19)18(3)4/h7-12,14-15,18,22H,5-6,13,16-17H2,1-4H3,(H,26,27). The first-order valence-electron chi connectivity index (χ1n) is 10.6. The van der Waals surface area contributed by atoms with Crippen molar-refractivity contribution >= 4 is 5.91 Å². The van der Waals surface area contributed by atoms with Gasteiger partial charge in [0.2, 0.25) is 5.91 Å². The van der Waals surface area contributed by atoms with Crippen molar-refractivity contribution in [2.75, 3.05) is 0 Å². The molecule has 1 aliphatic rings. The van der Waals surface area contributed by atoms with Crippen LogP contribution in [-0.2, 0) is 11.2 Å². The molecule has 0 saturated heterocycles. The number of ether oxygens (including phenoxy) is 1. The Morgan fingerprint density at radius 3 is 2.43 bits per heavy atom. The van der Waals surface area contributed by atoms with Gasteiger partial charge in [-0.3, -0.25) is 4.79 Å². The molecular weight excluding hydrogens is 346 g/mol. The number of carbonyl (C=O) groups excluding carboxylic acids is 1. The third kappa shape index (κ3) is 4.57. The highest BCUT2D eigenvalue weighted by Gasteiger charge is 2.38. The largest absolute Gasteiger partial charge is 0.487 e. The summed E-state index contributed by atoms with van der Waals surface area (Å²) in [6.07, 6.45) is 3.97. The number of fused-ring (bicyclic) bond motifs is 1. The van der Waals surface area contributed by atoms with E-state index in [0.717, 1.165) is 37.0 Å². The molecule has 0 bridgehead atoms. The van der Waals surface area contributed by atoms with Crippen LogP contribution >= 0.6 is 0 Å². The van der Waals surface area contributed by atoms with Crippen LogP contribution in [0.25, 0.3) is 0 Å². The van der Waals surface area contributed by atoms with Gasteiger partial charge in [0.1, 0.15) is 11.4 Å². The second-order valence-electron chi connectivity index (χ2n) is 8.25. The number of benzene rings is 2. The Morgan fingerprint density at radius 2 is 1.79 bits per heavy atom. The Balaban J connectivity index is 1.65. The van der Waals surface area contributed by atoms with Gasteiger partial charge in [-0.1, -0.05) is 70.2 Å². The first-order valence-corrected chi connectivity index (χ1v) is 10.6. The molecule has 0 aliphatic carbocycles. The maximum atomic E-state index is 12.7. The molecular formula is C25H33NO2. The van der Waals surface area contributed by atoms with Crippen LogP contribution in [0.1, 0.15) is 82.0 Å². The molecule has 0 spiro atoms. The topological polar surface area (TPSA) is 38.3 Å². The van der Waals surface area contributed by atoms with E-state index in [1.807, 2.05) is 18.2 Å². The predicted octanol–water partition coefficient (Wildman–Crippen LogP) is 5.94. The molecule has 1 unspecified atom stereocenters. The molecule has 0 fully saturated rings. The second-order valence-corrected chi connectivity index (χ2v) is 8.25. The average molecular weight is 380 g/mol. The van der Waals surface area contributed by atoms with Crippen molar-refractivity contribution in [1.82, 2.24) is 5.32 Å². The Morgan fingerprint density at radius 1 is 1.11 bits per heavy atom. The van der Waals surface area contributed by atoms with Crippen molar-refractivity contribution in [1.29, 1.82) is 0 Å². The zero-order chi connectivity index (χ0) is 20.1. The first kappa shape index (κ1) is 20.4. The van der Waals surface area contributed by atoms with E-state index in [9.17, 15) is 4.79 Å². The molecule has 1 amide bonds. The molecule has 1 atom stereocenters. The summed E-state index contributed by atoms with van der Waals surface area (Å²) in [5, 5.41) is 3.28. The molecule has 1 aliphatic heterocycles. The van der Waals surface area contributed by atoms with Crippen molar-refractivity contribution in [2.45, 2.75) is 77.4 Å². The monoisotopic (exact) mass is 379 g/mol. The van der Waals surface area contributed by atoms with Crippen LogP contribution < -0.4 is 10.1 Å². The third-order valence-corrected chi connectivity index (χ3v) is 6.11. The minimum Gasteiger partial charge on any atom is -0.487 e. The van der Waals surface area contributed by atoms with Crippen molar-refractivity contribution < 1.29 is 9.53 Å². The highest BCUT2D eigenvalue weighted by molar-refractivity contribution is 5.77. The summed E-state index contributed by atoms with van der Waals surface area (Å²) in [6.45, 7) is 8.72. The smallest absolute Gasteiger partial charge is 0.220 e. The van der Waals surface area contributed by atoms with Crippen LogP contribution in [0.4, 0.5) is 0 Å². The lowest BCUT2D eigenvalue weighted by Crippen LogP contribution is -2.44. The maximum Gasteiger partial charge on any atom is 0.220 e. The molecule has 1 heterocycles. The van der Waals surface area contributed by atoms with Gasteiger partial charge in [0, 0.05) is 18.4 Å². The fraction of sp³-hybridized carbons (Fsp3) is 0.480. The summed E-state index contributed by atoms with van der Waals surface area (Å²) in [5.74, 6) is 1.55. The molecule has 2 aromatic rings. The Hall–Kier alpha value is -2.29. The Labute approximate surface area is 169 Å². The molecule has 3 nitrogen and oxygen atoms in total. The Kier molecular flexibility index (Phi) is 6.43. The highest BCUT2D eigenvalue weighted by atomic mass is 16.5. The van der Waals surface area contributed by atoms with E-state index < -0.39 is 0 Å². The second kappa shape index (κ2) is 8.81. The fourth-order valence-corrected chi connectivity index (χ4v) is 4.02. The SMILES string of the molecule is CCC1(CC)CC(NC(=O)CCc2ccc(C(C)C)cc2)c2ccccc2O1. The number of nitrogens with one attached hydrogen (secondary N) is 1. The van der Waals surface area contributed by atoms with E-state index in [-0.39, 0.29) is 17.6 Å². The van der Waals surface area contributed by atoms with Gasteiger partial charge in [-0.25, -0.2) is 0 Å². The molecule has 2 aromatic carbocycles. The normalized spacial score (nSPS) is 17.7. The van der Waals surface area contributed by atoms with Crippen molar-refractivity contribution in [2.24, 2.45) is 0 Å². The van der Waals surface area contributed by atoms with Crippen LogP contribution in [0.5, 0.6) is 5.75 Å². The van der Waals surface area contributed by atoms with Gasteiger partial charge in [-0.2, -0.15) is 0 Å². The minimum absolute atomic E-state index is 0.0145. The molecule has 0 saturated carbocycles. The summed E-state index contributed by atoms with van der Waals surface area (Å²) in [5.41, 5.74) is 3.44. The summed E-state index contributed by atoms with van der Waals surface area (Å²) >= 11 is 0. The van der Waals surface area contributed by atoms with E-state index in [4.69, 9.17) is 4.74 Å². The van der Waals surface area contributed by atoms with Crippen LogP contribution in [0.15, 0.2) is 48.5 Å².